The van der Waals surface area contributed by atoms with Gasteiger partial charge in [-0.3, -0.25) is 0 Å². The molecule has 0 radical (unpaired) electrons. The van der Waals surface area contributed by atoms with Crippen molar-refractivity contribution < 1.29 is 0 Å². The molecule has 2 heteroatoms. The summed E-state index contributed by atoms with van der Waals surface area (Å²) < 4.78 is 0. The topological polar surface area (TPSA) is 0 Å². The fraction of sp³-hybridized carbons (Fsp3) is 0.167. The van der Waals surface area contributed by atoms with Crippen LogP contribution in [0.2, 0.25) is 0 Å². The van der Waals surface area contributed by atoms with E-state index in [0.29, 0.717) is 17.2 Å². The smallest absolute Gasteiger partial charge is 0.00196 e. The summed E-state index contributed by atoms with van der Waals surface area (Å²) in [6.07, 6.45) is 22.1. The van der Waals surface area contributed by atoms with E-state index in [1.54, 1.807) is 22.3 Å². The largest absolute Gasteiger partial charge is 0.0804 e. The molecule has 50 heavy (non-hydrogen) atoms. The molecular formula is C48H40P2. The maximum absolute atomic E-state index is 2.61. The Balaban J connectivity index is 0.916. The Morgan fingerprint density at radius 2 is 0.760 bits per heavy atom. The van der Waals surface area contributed by atoms with Gasteiger partial charge in [-0.1, -0.05) is 162 Å². The predicted octanol–water partition coefficient (Wildman–Crippen LogP) is 9.22. The van der Waals surface area contributed by atoms with E-state index in [1.165, 1.54) is 89.2 Å². The molecule has 0 nitrogen and oxygen atoms in total. The van der Waals surface area contributed by atoms with Gasteiger partial charge in [-0.05, 0) is 136 Å². The van der Waals surface area contributed by atoms with Crippen LogP contribution in [0.1, 0.15) is 38.5 Å². The van der Waals surface area contributed by atoms with Crippen molar-refractivity contribution in [1.82, 2.24) is 0 Å². The van der Waals surface area contributed by atoms with Crippen molar-refractivity contribution in [3.8, 4) is 0 Å². The van der Waals surface area contributed by atoms with E-state index in [4.69, 9.17) is 0 Å². The van der Waals surface area contributed by atoms with Crippen molar-refractivity contribution >= 4 is 39.4 Å². The van der Waals surface area contributed by atoms with E-state index >= 15 is 0 Å². The second-order valence-electron chi connectivity index (χ2n) is 14.6. The lowest BCUT2D eigenvalue weighted by molar-refractivity contribution is 0.318. The van der Waals surface area contributed by atoms with Crippen molar-refractivity contribution in [2.24, 2.45) is 11.8 Å². The Morgan fingerprint density at radius 3 is 1.22 bits per heavy atom. The molecule has 4 unspecified atom stereocenters. The lowest BCUT2D eigenvalue weighted by Crippen LogP contribution is -2.23. The zero-order valence-corrected chi connectivity index (χ0v) is 30.3. The van der Waals surface area contributed by atoms with Gasteiger partial charge in [0.25, 0.3) is 0 Å². The minimum Gasteiger partial charge on any atom is -0.0804 e. The molecule has 0 spiro atoms. The highest BCUT2D eigenvalue weighted by Crippen LogP contribution is 2.48. The summed E-state index contributed by atoms with van der Waals surface area (Å²) in [6.45, 7) is 0. The minimum absolute atomic E-state index is 0.680. The van der Waals surface area contributed by atoms with Crippen LogP contribution in [0.4, 0.5) is 0 Å². The van der Waals surface area contributed by atoms with Crippen LogP contribution in [-0.2, 0) is 0 Å². The first-order valence-electron chi connectivity index (χ1n) is 18.3. The van der Waals surface area contributed by atoms with Gasteiger partial charge in [-0.2, -0.15) is 0 Å². The van der Waals surface area contributed by atoms with Crippen LogP contribution < -0.4 is 20.9 Å². The van der Waals surface area contributed by atoms with E-state index in [9.17, 15) is 0 Å². The van der Waals surface area contributed by atoms with Gasteiger partial charge in [-0.15, -0.1) is 0 Å². The second-order valence-corrected chi connectivity index (χ2v) is 16.7. The standard InChI is InChI=1S/C48H40P2/c1-3-11-41-39(9-1)29-49-47(45-15-7-5-13-43(41)45)37-23-21-33-25-31(17-19-35(33)27-37)32-18-20-36-28-38(24-22-34(36)26-32)48-46-16-8-6-14-44(46)42-12-4-2-10-40(42)30-50-48/h1-16,19-24,29-32,49-50H,17-18,25-28H2. The molecule has 0 amide bonds. The van der Waals surface area contributed by atoms with Crippen LogP contribution in [0.3, 0.4) is 0 Å². The SMILES string of the molecule is C1=C2CC(C3=c4ccccc4=c4ccccc4=CP3)=CC=C2CC(C2CC=C3CC(C4=c5ccccc5=c5ccccc5=CP4)=CC=C3C2)C1. The third-order valence-corrected chi connectivity index (χ3v) is 14.5. The van der Waals surface area contributed by atoms with Crippen LogP contribution in [0.5, 0.6) is 0 Å². The molecule has 4 aliphatic carbocycles. The third kappa shape index (κ3) is 5.37. The Kier molecular flexibility index (Phi) is 7.78. The monoisotopic (exact) mass is 678 g/mol. The number of rotatable bonds is 3. The van der Waals surface area contributed by atoms with Gasteiger partial charge in [0.05, 0.1) is 0 Å². The fourth-order valence-electron chi connectivity index (χ4n) is 9.15. The Bertz CT molecular complexity index is 2580. The molecule has 0 N–H and O–H groups in total. The highest BCUT2D eigenvalue weighted by molar-refractivity contribution is 7.59. The lowest BCUT2D eigenvalue weighted by Gasteiger charge is -2.36. The van der Waals surface area contributed by atoms with Crippen LogP contribution in [0.15, 0.2) is 167 Å². The number of fused-ring (bicyclic) bond motifs is 6. The van der Waals surface area contributed by atoms with Gasteiger partial charge in [0.15, 0.2) is 0 Å². The summed E-state index contributed by atoms with van der Waals surface area (Å²) in [5.74, 6) is 6.37. The van der Waals surface area contributed by atoms with Gasteiger partial charge >= 0.3 is 0 Å². The molecule has 0 fully saturated rings. The molecule has 4 atom stereocenters. The summed E-state index contributed by atoms with van der Waals surface area (Å²) >= 11 is 0. The van der Waals surface area contributed by atoms with Crippen LogP contribution >= 0.6 is 17.2 Å². The first kappa shape index (κ1) is 30.5. The molecule has 2 heterocycles. The number of hydrogen-bond acceptors (Lipinski definition) is 0. The van der Waals surface area contributed by atoms with Crippen LogP contribution in [0, 0.1) is 32.7 Å². The van der Waals surface area contributed by atoms with E-state index in [-0.39, 0.29) is 0 Å². The molecule has 2 aliphatic heterocycles. The lowest BCUT2D eigenvalue weighted by atomic mass is 9.69. The molecule has 6 aliphatic rings. The van der Waals surface area contributed by atoms with Crippen molar-refractivity contribution in [3.05, 3.63) is 209 Å². The summed E-state index contributed by atoms with van der Waals surface area (Å²) in [7, 11) is 1.36. The molecular weight excluding hydrogens is 638 g/mol. The van der Waals surface area contributed by atoms with Crippen LogP contribution in [-0.4, -0.2) is 0 Å². The maximum Gasteiger partial charge on any atom is -0.00196 e. The summed E-state index contributed by atoms with van der Waals surface area (Å²) in [4.78, 5) is 0. The molecule has 0 saturated carbocycles. The highest BCUT2D eigenvalue weighted by Gasteiger charge is 2.31. The molecule has 0 bridgehead atoms. The van der Waals surface area contributed by atoms with Gasteiger partial charge in [0.2, 0.25) is 0 Å². The van der Waals surface area contributed by atoms with Crippen molar-refractivity contribution in [2.75, 3.05) is 0 Å². The number of allylic oxidation sites excluding steroid dienone is 12. The van der Waals surface area contributed by atoms with Gasteiger partial charge in [-0.25, -0.2) is 0 Å². The molecule has 4 aromatic rings. The zero-order valence-electron chi connectivity index (χ0n) is 28.3. The molecule has 10 rings (SSSR count). The quantitative estimate of drug-likeness (QED) is 0.190. The summed E-state index contributed by atoms with van der Waals surface area (Å²) in [6, 6.07) is 35.9. The highest BCUT2D eigenvalue weighted by atomic mass is 31.1. The van der Waals surface area contributed by atoms with Gasteiger partial charge in [0.1, 0.15) is 0 Å². The maximum atomic E-state index is 2.61. The zero-order chi connectivity index (χ0) is 33.0. The first-order chi connectivity index (χ1) is 24.8. The molecule has 242 valence electrons. The van der Waals surface area contributed by atoms with Crippen molar-refractivity contribution in [3.63, 3.8) is 0 Å². The van der Waals surface area contributed by atoms with Gasteiger partial charge in [0, 0.05) is 0 Å². The predicted molar refractivity (Wildman–Crippen MR) is 215 cm³/mol. The van der Waals surface area contributed by atoms with E-state index in [2.05, 4.69) is 145 Å². The average molecular weight is 679 g/mol. The Morgan fingerprint density at radius 1 is 0.380 bits per heavy atom. The third-order valence-electron chi connectivity index (χ3n) is 11.8. The van der Waals surface area contributed by atoms with Gasteiger partial charge < -0.3 is 0 Å². The Hall–Kier alpha value is -4.34. The Labute approximate surface area is 297 Å². The summed E-state index contributed by atoms with van der Waals surface area (Å²) in [5.41, 5.74) is 9.33. The number of benzene rings is 4. The van der Waals surface area contributed by atoms with E-state index in [1.807, 2.05) is 0 Å². The van der Waals surface area contributed by atoms with Crippen LogP contribution in [0.25, 0.3) is 22.3 Å². The molecule has 0 aromatic heterocycles. The van der Waals surface area contributed by atoms with E-state index < -0.39 is 0 Å². The molecule has 4 aromatic carbocycles. The number of hydrogen-bond donors (Lipinski definition) is 0. The minimum atomic E-state index is 0.680. The van der Waals surface area contributed by atoms with Crippen molar-refractivity contribution in [1.29, 1.82) is 0 Å². The van der Waals surface area contributed by atoms with E-state index in [0.717, 1.165) is 24.7 Å². The fourth-order valence-corrected chi connectivity index (χ4v) is 11.7. The average Bonchev–Trinajstić information content (AvgIpc) is 3.46. The van der Waals surface area contributed by atoms with Crippen molar-refractivity contribution in [2.45, 2.75) is 38.5 Å². The summed E-state index contributed by atoms with van der Waals surface area (Å²) in [5, 5.41) is 14.1. The first-order valence-corrected chi connectivity index (χ1v) is 20.4. The normalized spacial score (nSPS) is 22.9. The second kappa shape index (κ2) is 12.8. The molecule has 0 saturated heterocycles.